The summed E-state index contributed by atoms with van der Waals surface area (Å²) in [5, 5.41) is 7.26. The van der Waals surface area contributed by atoms with Gasteiger partial charge in [0.25, 0.3) is 0 Å². The van der Waals surface area contributed by atoms with Gasteiger partial charge in [0.2, 0.25) is 0 Å². The highest BCUT2D eigenvalue weighted by Gasteiger charge is 2.65. The number of nitrogens with one attached hydrogen (secondary N) is 2. The molecule has 1 spiro atoms. The number of nitrogens with zero attached hydrogens (tertiary/aromatic N) is 2. The van der Waals surface area contributed by atoms with E-state index in [0.717, 1.165) is 51.8 Å². The van der Waals surface area contributed by atoms with Gasteiger partial charge in [-0.15, -0.1) is 24.0 Å². The Morgan fingerprint density at radius 1 is 1.30 bits per heavy atom. The van der Waals surface area contributed by atoms with Crippen LogP contribution in [-0.2, 0) is 9.47 Å². The number of rotatable bonds is 9. The normalized spacial score (nSPS) is 28.7. The van der Waals surface area contributed by atoms with Crippen LogP contribution in [0.25, 0.3) is 0 Å². The molecule has 6 nitrogen and oxygen atoms in total. The van der Waals surface area contributed by atoms with Gasteiger partial charge in [-0.1, -0.05) is 12.8 Å². The van der Waals surface area contributed by atoms with E-state index in [0.29, 0.717) is 23.5 Å². The summed E-state index contributed by atoms with van der Waals surface area (Å²) in [5.74, 6) is 1.66. The Balaban J connectivity index is 0.00000261. The maximum atomic E-state index is 6.10. The van der Waals surface area contributed by atoms with Crippen LogP contribution in [0.1, 0.15) is 45.4 Å². The number of hydrogen-bond acceptors (Lipinski definition) is 4. The average Bonchev–Trinajstić information content (AvgIpc) is 3.28. The smallest absolute Gasteiger partial charge is 0.191 e. The largest absolute Gasteiger partial charge is 0.385 e. The minimum Gasteiger partial charge on any atom is -0.385 e. The number of likely N-dealkylation sites (N-methyl/N-ethyl adjacent to an activating group) is 1. The summed E-state index contributed by atoms with van der Waals surface area (Å²) in [7, 11) is 3.92. The second kappa shape index (κ2) is 11.2. The second-order valence-corrected chi connectivity index (χ2v) is 8.22. The van der Waals surface area contributed by atoms with Crippen LogP contribution in [-0.4, -0.2) is 76.6 Å². The molecular formula is C20H39IN4O2. The Kier molecular flexibility index (Phi) is 9.58. The quantitative estimate of drug-likeness (QED) is 0.223. The molecule has 0 bridgehead atoms. The summed E-state index contributed by atoms with van der Waals surface area (Å²) in [5.41, 5.74) is 0.369. The predicted octanol–water partition coefficient (Wildman–Crippen LogP) is 2.48. The van der Waals surface area contributed by atoms with Gasteiger partial charge in [0.05, 0.1) is 12.6 Å². The van der Waals surface area contributed by atoms with Crippen LogP contribution in [0.5, 0.6) is 0 Å². The van der Waals surface area contributed by atoms with Gasteiger partial charge in [0, 0.05) is 57.3 Å². The summed E-state index contributed by atoms with van der Waals surface area (Å²) in [6.07, 6.45) is 8.10. The molecule has 1 heterocycles. The fourth-order valence-electron chi connectivity index (χ4n) is 5.29. The molecule has 0 aromatic carbocycles. The van der Waals surface area contributed by atoms with Gasteiger partial charge in [-0.25, -0.2) is 0 Å². The average molecular weight is 494 g/mol. The van der Waals surface area contributed by atoms with E-state index in [2.05, 4.69) is 29.5 Å². The summed E-state index contributed by atoms with van der Waals surface area (Å²) in [4.78, 5) is 7.18. The molecule has 2 aliphatic carbocycles. The van der Waals surface area contributed by atoms with Gasteiger partial charge in [0.15, 0.2) is 5.96 Å². The lowest BCUT2D eigenvalue weighted by Crippen LogP contribution is -2.69. The summed E-state index contributed by atoms with van der Waals surface area (Å²) >= 11 is 0. The number of fused-ring (bicyclic) bond motifs is 2. The first-order valence-corrected chi connectivity index (χ1v) is 10.5. The highest BCUT2D eigenvalue weighted by Crippen LogP contribution is 2.60. The van der Waals surface area contributed by atoms with Crippen LogP contribution in [0.15, 0.2) is 4.99 Å². The lowest BCUT2D eigenvalue weighted by molar-refractivity contribution is -0.125. The number of methoxy groups -OCH3 is 1. The van der Waals surface area contributed by atoms with Crippen molar-refractivity contribution in [3.05, 3.63) is 0 Å². The van der Waals surface area contributed by atoms with Gasteiger partial charge in [-0.3, -0.25) is 4.99 Å². The SMILES string of the molecule is CCNC(=NCCN(C)CCCOC)NC1C2CCOC2C12CCCC2.I. The third-order valence-electron chi connectivity index (χ3n) is 6.56. The molecule has 0 aromatic heterocycles. The van der Waals surface area contributed by atoms with E-state index in [1.54, 1.807) is 7.11 Å². The molecule has 2 saturated carbocycles. The lowest BCUT2D eigenvalue weighted by Gasteiger charge is -2.57. The highest BCUT2D eigenvalue weighted by molar-refractivity contribution is 14.0. The molecule has 27 heavy (non-hydrogen) atoms. The van der Waals surface area contributed by atoms with Gasteiger partial charge in [0.1, 0.15) is 0 Å². The van der Waals surface area contributed by atoms with Gasteiger partial charge >= 0.3 is 0 Å². The maximum absolute atomic E-state index is 6.10. The van der Waals surface area contributed by atoms with Crippen molar-refractivity contribution in [1.29, 1.82) is 0 Å². The molecule has 1 saturated heterocycles. The molecule has 0 aromatic rings. The van der Waals surface area contributed by atoms with Crippen molar-refractivity contribution >= 4 is 29.9 Å². The zero-order valence-corrected chi connectivity index (χ0v) is 19.7. The molecule has 0 amide bonds. The fourth-order valence-corrected chi connectivity index (χ4v) is 5.29. The minimum atomic E-state index is 0. The maximum Gasteiger partial charge on any atom is 0.191 e. The third kappa shape index (κ3) is 5.28. The zero-order chi connectivity index (χ0) is 18.4. The topological polar surface area (TPSA) is 58.1 Å². The monoisotopic (exact) mass is 494 g/mol. The van der Waals surface area contributed by atoms with E-state index in [1.807, 2.05) is 0 Å². The van der Waals surface area contributed by atoms with Crippen molar-refractivity contribution < 1.29 is 9.47 Å². The summed E-state index contributed by atoms with van der Waals surface area (Å²) < 4.78 is 11.2. The molecule has 0 radical (unpaired) electrons. The van der Waals surface area contributed by atoms with Crippen molar-refractivity contribution in [2.75, 3.05) is 53.6 Å². The van der Waals surface area contributed by atoms with Gasteiger partial charge in [-0.2, -0.15) is 0 Å². The summed E-state index contributed by atoms with van der Waals surface area (Å²) in [6.45, 7) is 7.66. The van der Waals surface area contributed by atoms with E-state index >= 15 is 0 Å². The van der Waals surface area contributed by atoms with Crippen molar-refractivity contribution in [2.24, 2.45) is 16.3 Å². The minimum absolute atomic E-state index is 0. The Morgan fingerprint density at radius 2 is 2.07 bits per heavy atom. The zero-order valence-electron chi connectivity index (χ0n) is 17.3. The third-order valence-corrected chi connectivity index (χ3v) is 6.56. The highest BCUT2D eigenvalue weighted by atomic mass is 127. The number of aliphatic imine (C=N–C) groups is 1. The molecular weight excluding hydrogens is 455 g/mol. The first-order chi connectivity index (χ1) is 12.7. The molecule has 7 heteroatoms. The Labute approximate surface area is 182 Å². The molecule has 1 aliphatic heterocycles. The van der Waals surface area contributed by atoms with Gasteiger partial charge in [-0.05, 0) is 39.7 Å². The Morgan fingerprint density at radius 3 is 2.78 bits per heavy atom. The molecule has 2 N–H and O–H groups in total. The molecule has 158 valence electrons. The van der Waals surface area contributed by atoms with Gasteiger partial charge < -0.3 is 25.0 Å². The standard InChI is InChI=1S/C20H38N4O2.HI/c1-4-21-19(22-11-13-24(2)12-7-14-25-3)23-17-16-8-15-26-18(16)20(17)9-5-6-10-20;/h16-18H,4-15H2,1-3H3,(H2,21,22,23);1H. The first kappa shape index (κ1) is 23.2. The first-order valence-electron chi connectivity index (χ1n) is 10.5. The summed E-state index contributed by atoms with van der Waals surface area (Å²) in [6, 6.07) is 0.537. The van der Waals surface area contributed by atoms with Crippen molar-refractivity contribution in [1.82, 2.24) is 15.5 Å². The van der Waals surface area contributed by atoms with Crippen LogP contribution in [0, 0.1) is 11.3 Å². The Bertz CT molecular complexity index is 471. The lowest BCUT2D eigenvalue weighted by atomic mass is 9.54. The van der Waals surface area contributed by atoms with E-state index < -0.39 is 0 Å². The van der Waals surface area contributed by atoms with Crippen LogP contribution in [0.3, 0.4) is 0 Å². The van der Waals surface area contributed by atoms with E-state index in [9.17, 15) is 0 Å². The predicted molar refractivity (Wildman–Crippen MR) is 121 cm³/mol. The second-order valence-electron chi connectivity index (χ2n) is 8.22. The van der Waals surface area contributed by atoms with E-state index in [4.69, 9.17) is 14.5 Å². The number of guanidine groups is 1. The van der Waals surface area contributed by atoms with Crippen molar-refractivity contribution in [2.45, 2.75) is 57.6 Å². The van der Waals surface area contributed by atoms with Crippen molar-refractivity contribution in [3.8, 4) is 0 Å². The fraction of sp³-hybridized carbons (Fsp3) is 0.950. The molecule has 3 aliphatic rings. The molecule has 3 rings (SSSR count). The Hall–Kier alpha value is -0.120. The molecule has 3 fully saturated rings. The number of hydrogen-bond donors (Lipinski definition) is 2. The number of halogens is 1. The van der Waals surface area contributed by atoms with Crippen molar-refractivity contribution in [3.63, 3.8) is 0 Å². The molecule has 3 atom stereocenters. The van der Waals surface area contributed by atoms with Crippen LogP contribution in [0.4, 0.5) is 0 Å². The van der Waals surface area contributed by atoms with E-state index in [1.165, 1.54) is 32.1 Å². The molecule has 3 unspecified atom stereocenters. The van der Waals surface area contributed by atoms with Crippen LogP contribution in [0.2, 0.25) is 0 Å². The van der Waals surface area contributed by atoms with E-state index in [-0.39, 0.29) is 24.0 Å². The van der Waals surface area contributed by atoms with Crippen LogP contribution < -0.4 is 10.6 Å². The number of ether oxygens (including phenoxy) is 2. The van der Waals surface area contributed by atoms with Crippen LogP contribution >= 0.6 is 24.0 Å².